The average Bonchev–Trinajstić information content (AvgIpc) is 3.27. The molecular weight excluding hydrogens is 446 g/mol. The van der Waals surface area contributed by atoms with Gasteiger partial charge >= 0.3 is 5.69 Å². The molecule has 5 N–H and O–H groups in total. The van der Waals surface area contributed by atoms with Crippen LogP contribution in [0.2, 0.25) is 0 Å². The van der Waals surface area contributed by atoms with Crippen LogP contribution in [0.25, 0.3) is 5.95 Å². The first-order chi connectivity index (χ1) is 17.0. The molecule has 0 fully saturated rings. The Labute approximate surface area is 201 Å². The van der Waals surface area contributed by atoms with E-state index in [1.54, 1.807) is 30.3 Å². The summed E-state index contributed by atoms with van der Waals surface area (Å²) in [5.74, 6) is 0.718. The highest BCUT2D eigenvalue weighted by Crippen LogP contribution is 2.30. The first kappa shape index (κ1) is 23.6. The smallest absolute Gasteiger partial charge is 0.350 e. The Morgan fingerprint density at radius 2 is 1.94 bits per heavy atom. The molecule has 4 rings (SSSR count). The van der Waals surface area contributed by atoms with Crippen LogP contribution in [0.4, 0.5) is 0 Å². The zero-order chi connectivity index (χ0) is 24.8. The van der Waals surface area contributed by atoms with E-state index in [4.69, 9.17) is 15.9 Å². The standard InChI is InChI=1S/C25H25N7O3/c1-2-10-35-20-12-17(15-33)11-19(14-20)21(13-16-4-6-18(7-5-16)22(26)27)23-30-25(34)32(31-23)24-28-8-3-9-29-24/h2-9,11-12,14,21,33H,1,10,13,15H2,(H3,26,27)(H,30,31,34). The molecular formula is C25H25N7O3. The molecule has 1 unspecified atom stereocenters. The van der Waals surface area contributed by atoms with E-state index in [0.29, 0.717) is 35.7 Å². The number of nitrogens with two attached hydrogens (primary N) is 1. The molecule has 10 heteroatoms. The Balaban J connectivity index is 1.79. The van der Waals surface area contributed by atoms with Crippen molar-refractivity contribution in [1.29, 1.82) is 5.41 Å². The van der Waals surface area contributed by atoms with Gasteiger partial charge in [0.25, 0.3) is 5.95 Å². The molecule has 0 amide bonds. The fraction of sp³-hybridized carbons (Fsp3) is 0.160. The van der Waals surface area contributed by atoms with Gasteiger partial charge in [0.15, 0.2) is 0 Å². The molecule has 0 spiro atoms. The Bertz CT molecular complexity index is 1380. The van der Waals surface area contributed by atoms with E-state index >= 15 is 0 Å². The zero-order valence-electron chi connectivity index (χ0n) is 18.9. The van der Waals surface area contributed by atoms with Gasteiger partial charge in [-0.05, 0) is 41.3 Å². The van der Waals surface area contributed by atoms with E-state index in [0.717, 1.165) is 15.8 Å². The second kappa shape index (κ2) is 10.6. The summed E-state index contributed by atoms with van der Waals surface area (Å²) < 4.78 is 6.85. The largest absolute Gasteiger partial charge is 0.490 e. The number of rotatable bonds is 10. The Morgan fingerprint density at radius 3 is 2.60 bits per heavy atom. The number of nitrogen functional groups attached to an aromatic ring is 1. The maximum absolute atomic E-state index is 12.7. The highest BCUT2D eigenvalue weighted by Gasteiger charge is 2.23. The molecule has 0 saturated carbocycles. The van der Waals surface area contributed by atoms with Crippen LogP contribution in [-0.2, 0) is 13.0 Å². The zero-order valence-corrected chi connectivity index (χ0v) is 18.9. The maximum Gasteiger partial charge on any atom is 0.350 e. The number of aliphatic hydroxyl groups excluding tert-OH is 1. The second-order valence-electron chi connectivity index (χ2n) is 7.81. The van der Waals surface area contributed by atoms with E-state index in [1.165, 1.54) is 12.4 Å². The van der Waals surface area contributed by atoms with Crippen molar-refractivity contribution >= 4 is 5.84 Å². The molecule has 2 aromatic heterocycles. The highest BCUT2D eigenvalue weighted by atomic mass is 16.5. The van der Waals surface area contributed by atoms with Crippen LogP contribution < -0.4 is 16.2 Å². The highest BCUT2D eigenvalue weighted by molar-refractivity contribution is 5.94. The molecule has 0 aliphatic carbocycles. The number of amidine groups is 1. The topological polar surface area (TPSA) is 156 Å². The van der Waals surface area contributed by atoms with Gasteiger partial charge in [-0.25, -0.2) is 14.8 Å². The number of hydrogen-bond acceptors (Lipinski definition) is 7. The van der Waals surface area contributed by atoms with Crippen molar-refractivity contribution in [2.75, 3.05) is 6.61 Å². The van der Waals surface area contributed by atoms with Crippen LogP contribution in [0.5, 0.6) is 5.75 Å². The normalized spacial score (nSPS) is 11.7. The van der Waals surface area contributed by atoms with E-state index in [9.17, 15) is 9.90 Å². The third-order valence-electron chi connectivity index (χ3n) is 5.35. The van der Waals surface area contributed by atoms with E-state index in [1.807, 2.05) is 24.3 Å². The minimum absolute atomic E-state index is 0.0151. The van der Waals surface area contributed by atoms with Crippen molar-refractivity contribution in [3.05, 3.63) is 112 Å². The average molecular weight is 472 g/mol. The molecule has 4 aromatic rings. The Morgan fingerprint density at radius 1 is 1.20 bits per heavy atom. The predicted molar refractivity (Wildman–Crippen MR) is 131 cm³/mol. The Hall–Kier alpha value is -4.57. The molecule has 35 heavy (non-hydrogen) atoms. The summed E-state index contributed by atoms with van der Waals surface area (Å²) >= 11 is 0. The molecule has 0 radical (unpaired) electrons. The van der Waals surface area contributed by atoms with E-state index < -0.39 is 11.6 Å². The van der Waals surface area contributed by atoms with Crippen molar-refractivity contribution in [2.24, 2.45) is 5.73 Å². The number of nitrogens with one attached hydrogen (secondary N) is 2. The lowest BCUT2D eigenvalue weighted by Crippen LogP contribution is -2.18. The van der Waals surface area contributed by atoms with Crippen LogP contribution in [0.1, 0.15) is 34.0 Å². The SMILES string of the molecule is C=CCOc1cc(CO)cc(C(Cc2ccc(C(=N)N)cc2)c2nn(-c3ncccn3)c(=O)[nH]2)c1. The van der Waals surface area contributed by atoms with Gasteiger partial charge in [0.2, 0.25) is 0 Å². The van der Waals surface area contributed by atoms with Gasteiger partial charge in [-0.15, -0.1) is 9.78 Å². The number of aromatic nitrogens is 5. The molecule has 0 aliphatic heterocycles. The number of benzene rings is 2. The summed E-state index contributed by atoms with van der Waals surface area (Å²) in [4.78, 5) is 23.8. The summed E-state index contributed by atoms with van der Waals surface area (Å²) in [5.41, 5.74) is 8.12. The number of nitrogens with zero attached hydrogens (tertiary/aromatic N) is 4. The fourth-order valence-electron chi connectivity index (χ4n) is 3.68. The molecule has 0 saturated heterocycles. The lowest BCUT2D eigenvalue weighted by Gasteiger charge is -2.18. The number of ether oxygens (including phenoxy) is 1. The lowest BCUT2D eigenvalue weighted by molar-refractivity contribution is 0.280. The van der Waals surface area contributed by atoms with Crippen LogP contribution in [0.3, 0.4) is 0 Å². The molecule has 2 heterocycles. The third kappa shape index (κ3) is 5.50. The third-order valence-corrected chi connectivity index (χ3v) is 5.35. The van der Waals surface area contributed by atoms with Gasteiger partial charge < -0.3 is 15.6 Å². The number of aliphatic hydroxyl groups is 1. The first-order valence-electron chi connectivity index (χ1n) is 10.9. The van der Waals surface area contributed by atoms with Gasteiger partial charge in [-0.3, -0.25) is 10.4 Å². The van der Waals surface area contributed by atoms with Crippen LogP contribution in [0.15, 0.2) is 78.4 Å². The molecule has 0 aliphatic rings. The monoisotopic (exact) mass is 471 g/mol. The first-order valence-corrected chi connectivity index (χ1v) is 10.9. The van der Waals surface area contributed by atoms with E-state index in [2.05, 4.69) is 26.6 Å². The molecule has 2 aromatic carbocycles. The fourth-order valence-corrected chi connectivity index (χ4v) is 3.68. The molecule has 0 bridgehead atoms. The van der Waals surface area contributed by atoms with Crippen molar-refractivity contribution in [1.82, 2.24) is 24.7 Å². The summed E-state index contributed by atoms with van der Waals surface area (Å²) in [7, 11) is 0. The van der Waals surface area contributed by atoms with Crippen LogP contribution in [0, 0.1) is 5.41 Å². The summed E-state index contributed by atoms with van der Waals surface area (Å²) in [5, 5.41) is 21.9. The van der Waals surface area contributed by atoms with Crippen molar-refractivity contribution in [3.63, 3.8) is 0 Å². The second-order valence-corrected chi connectivity index (χ2v) is 7.81. The van der Waals surface area contributed by atoms with Gasteiger partial charge in [-0.2, -0.15) is 0 Å². The predicted octanol–water partition coefficient (Wildman–Crippen LogP) is 2.07. The lowest BCUT2D eigenvalue weighted by atomic mass is 9.89. The Kier molecular flexibility index (Phi) is 7.12. The van der Waals surface area contributed by atoms with Crippen molar-refractivity contribution in [2.45, 2.75) is 18.9 Å². The quantitative estimate of drug-likeness (QED) is 0.157. The van der Waals surface area contributed by atoms with Gasteiger partial charge in [-0.1, -0.05) is 43.0 Å². The number of aromatic amines is 1. The number of H-pyrrole nitrogens is 1. The van der Waals surface area contributed by atoms with Gasteiger partial charge in [0.1, 0.15) is 24.0 Å². The van der Waals surface area contributed by atoms with Crippen molar-refractivity contribution in [3.8, 4) is 11.7 Å². The summed E-state index contributed by atoms with van der Waals surface area (Å²) in [6.45, 7) is 3.81. The molecule has 178 valence electrons. The minimum atomic E-state index is -0.468. The van der Waals surface area contributed by atoms with Crippen molar-refractivity contribution < 1.29 is 9.84 Å². The number of hydrogen-bond donors (Lipinski definition) is 4. The molecule has 10 nitrogen and oxygen atoms in total. The maximum atomic E-state index is 12.7. The van der Waals surface area contributed by atoms with Crippen LogP contribution >= 0.6 is 0 Å². The summed E-state index contributed by atoms with van der Waals surface area (Å²) in [6, 6.07) is 14.4. The van der Waals surface area contributed by atoms with Gasteiger partial charge in [0, 0.05) is 23.9 Å². The summed E-state index contributed by atoms with van der Waals surface area (Å²) in [6.07, 6.45) is 5.17. The van der Waals surface area contributed by atoms with Gasteiger partial charge in [0.05, 0.1) is 6.61 Å². The van der Waals surface area contributed by atoms with Crippen LogP contribution in [-0.4, -0.2) is 42.3 Å². The van der Waals surface area contributed by atoms with E-state index in [-0.39, 0.29) is 18.4 Å². The minimum Gasteiger partial charge on any atom is -0.490 e. The molecule has 1 atom stereocenters.